The van der Waals surface area contributed by atoms with Crippen LogP contribution < -0.4 is 15.8 Å². The van der Waals surface area contributed by atoms with E-state index in [0.29, 0.717) is 25.6 Å². The second-order valence-corrected chi connectivity index (χ2v) is 6.44. The van der Waals surface area contributed by atoms with Crippen LogP contribution in [0.4, 0.5) is 0 Å². The number of ether oxygens (including phenoxy) is 1. The second-order valence-electron chi connectivity index (χ2n) is 5.52. The molecule has 1 saturated heterocycles. The van der Waals surface area contributed by atoms with E-state index in [1.165, 1.54) is 0 Å². The summed E-state index contributed by atoms with van der Waals surface area (Å²) in [6.07, 6.45) is 2.41. The molecule has 2 rings (SSSR count). The lowest BCUT2D eigenvalue weighted by atomic mass is 10.0. The van der Waals surface area contributed by atoms with E-state index in [4.69, 9.17) is 10.5 Å². The molecule has 1 amide bonds. The fraction of sp³-hybridized carbons (Fsp3) is 0.562. The van der Waals surface area contributed by atoms with Crippen molar-refractivity contribution in [3.05, 3.63) is 28.7 Å². The van der Waals surface area contributed by atoms with Gasteiger partial charge in [0.2, 0.25) is 5.91 Å². The molecule has 1 aliphatic heterocycles. The van der Waals surface area contributed by atoms with Gasteiger partial charge in [-0.05, 0) is 37.1 Å². The highest BCUT2D eigenvalue weighted by molar-refractivity contribution is 9.10. The maximum atomic E-state index is 11.5. The van der Waals surface area contributed by atoms with Crippen molar-refractivity contribution >= 4 is 46.7 Å². The molecule has 24 heavy (non-hydrogen) atoms. The number of halogens is 3. The lowest BCUT2D eigenvalue weighted by Crippen LogP contribution is -2.45. The molecule has 0 spiro atoms. The molecular weight excluding hydrogens is 417 g/mol. The lowest BCUT2D eigenvalue weighted by molar-refractivity contribution is -0.121. The number of nitrogens with zero attached hydrogens (tertiary/aromatic N) is 1. The first-order valence-electron chi connectivity index (χ1n) is 7.77. The Labute approximate surface area is 164 Å². The fourth-order valence-electron chi connectivity index (χ4n) is 2.56. The van der Waals surface area contributed by atoms with Gasteiger partial charge in [0, 0.05) is 43.1 Å². The summed E-state index contributed by atoms with van der Waals surface area (Å²) in [5.41, 5.74) is 5.38. The van der Waals surface area contributed by atoms with E-state index in [1.54, 1.807) is 0 Å². The number of hydrogen-bond donors (Lipinski definition) is 2. The van der Waals surface area contributed by atoms with E-state index in [9.17, 15) is 4.79 Å². The van der Waals surface area contributed by atoms with E-state index < -0.39 is 0 Å². The minimum absolute atomic E-state index is 0. The van der Waals surface area contributed by atoms with Crippen LogP contribution in [0.2, 0.25) is 0 Å². The Bertz CT molecular complexity index is 469. The lowest BCUT2D eigenvalue weighted by Gasteiger charge is -2.32. The Kier molecular flexibility index (Phi) is 12.5. The molecule has 0 unspecified atom stereocenters. The Morgan fingerprint density at radius 1 is 1.25 bits per heavy atom. The van der Waals surface area contributed by atoms with Gasteiger partial charge in [-0.2, -0.15) is 0 Å². The molecule has 0 atom stereocenters. The van der Waals surface area contributed by atoms with Gasteiger partial charge in [0.15, 0.2) is 0 Å². The Balaban J connectivity index is 0.00000264. The van der Waals surface area contributed by atoms with Crippen LogP contribution in [0, 0.1) is 0 Å². The number of carbonyl (C=O) groups is 1. The monoisotopic (exact) mass is 441 g/mol. The van der Waals surface area contributed by atoms with Crippen molar-refractivity contribution in [2.45, 2.75) is 25.3 Å². The van der Waals surface area contributed by atoms with Crippen LogP contribution >= 0.6 is 40.7 Å². The first-order chi connectivity index (χ1) is 10.7. The number of benzene rings is 1. The number of nitrogens with two attached hydrogens (primary N) is 1. The first kappa shape index (κ1) is 23.5. The normalized spacial score (nSPS) is 15.1. The zero-order valence-corrected chi connectivity index (χ0v) is 16.8. The van der Waals surface area contributed by atoms with Gasteiger partial charge < -0.3 is 15.8 Å². The van der Waals surface area contributed by atoms with Gasteiger partial charge in [-0.3, -0.25) is 9.69 Å². The second kappa shape index (κ2) is 12.8. The van der Waals surface area contributed by atoms with Gasteiger partial charge in [0.1, 0.15) is 12.4 Å². The SMILES string of the molecule is Cl.Cl.NCCC(=O)NC1CCN(CCOc2ccc(Br)cc2)CC1. The Morgan fingerprint density at radius 2 is 1.88 bits per heavy atom. The minimum atomic E-state index is 0. The predicted octanol–water partition coefficient (Wildman–Crippen LogP) is 2.60. The number of carbonyl (C=O) groups excluding carboxylic acids is 1. The smallest absolute Gasteiger partial charge is 0.221 e. The van der Waals surface area contributed by atoms with Gasteiger partial charge in [0.05, 0.1) is 0 Å². The number of hydrogen-bond acceptors (Lipinski definition) is 4. The van der Waals surface area contributed by atoms with Crippen molar-refractivity contribution in [2.75, 3.05) is 32.8 Å². The van der Waals surface area contributed by atoms with Crippen molar-refractivity contribution < 1.29 is 9.53 Å². The molecular formula is C16H26BrCl2N3O2. The van der Waals surface area contributed by atoms with Crippen LogP contribution in [0.5, 0.6) is 5.75 Å². The summed E-state index contributed by atoms with van der Waals surface area (Å²) in [7, 11) is 0. The summed E-state index contributed by atoms with van der Waals surface area (Å²) >= 11 is 3.41. The molecule has 138 valence electrons. The quantitative estimate of drug-likeness (QED) is 0.680. The number of nitrogens with one attached hydrogen (secondary N) is 1. The molecule has 3 N–H and O–H groups in total. The van der Waals surface area contributed by atoms with Crippen LogP contribution in [-0.2, 0) is 4.79 Å². The van der Waals surface area contributed by atoms with Crippen molar-refractivity contribution in [3.63, 3.8) is 0 Å². The van der Waals surface area contributed by atoms with Crippen molar-refractivity contribution in [2.24, 2.45) is 5.73 Å². The summed E-state index contributed by atoms with van der Waals surface area (Å²) in [6, 6.07) is 8.17. The van der Waals surface area contributed by atoms with Crippen LogP contribution in [0.1, 0.15) is 19.3 Å². The molecule has 0 aromatic heterocycles. The maximum Gasteiger partial charge on any atom is 0.221 e. The summed E-state index contributed by atoms with van der Waals surface area (Å²) < 4.78 is 6.80. The highest BCUT2D eigenvalue weighted by Gasteiger charge is 2.20. The van der Waals surface area contributed by atoms with Gasteiger partial charge in [-0.15, -0.1) is 24.8 Å². The van der Waals surface area contributed by atoms with Crippen molar-refractivity contribution in [1.82, 2.24) is 10.2 Å². The number of rotatable bonds is 7. The molecule has 1 aromatic carbocycles. The summed E-state index contributed by atoms with van der Waals surface area (Å²) in [4.78, 5) is 13.9. The van der Waals surface area contributed by atoms with Gasteiger partial charge in [-0.1, -0.05) is 15.9 Å². The summed E-state index contributed by atoms with van der Waals surface area (Å²) in [5, 5.41) is 3.05. The topological polar surface area (TPSA) is 67.6 Å². The van der Waals surface area contributed by atoms with Crippen LogP contribution in [0.3, 0.4) is 0 Å². The maximum absolute atomic E-state index is 11.5. The molecule has 0 aliphatic carbocycles. The van der Waals surface area contributed by atoms with Gasteiger partial charge >= 0.3 is 0 Å². The number of piperidine rings is 1. The van der Waals surface area contributed by atoms with Crippen LogP contribution in [-0.4, -0.2) is 49.6 Å². The van der Waals surface area contributed by atoms with E-state index >= 15 is 0 Å². The molecule has 5 nitrogen and oxygen atoms in total. The van der Waals surface area contributed by atoms with Gasteiger partial charge in [-0.25, -0.2) is 0 Å². The third-order valence-electron chi connectivity index (χ3n) is 3.81. The number of amides is 1. The Hall–Kier alpha value is -0.530. The van der Waals surface area contributed by atoms with Crippen molar-refractivity contribution in [1.29, 1.82) is 0 Å². The highest BCUT2D eigenvalue weighted by atomic mass is 79.9. The average Bonchev–Trinajstić information content (AvgIpc) is 2.51. The molecule has 8 heteroatoms. The largest absolute Gasteiger partial charge is 0.492 e. The highest BCUT2D eigenvalue weighted by Crippen LogP contribution is 2.16. The van der Waals surface area contributed by atoms with E-state index in [0.717, 1.165) is 42.7 Å². The fourth-order valence-corrected chi connectivity index (χ4v) is 2.82. The van der Waals surface area contributed by atoms with Gasteiger partial charge in [0.25, 0.3) is 0 Å². The molecule has 1 heterocycles. The standard InChI is InChI=1S/C16H24BrN3O2.2ClH/c17-13-1-3-15(4-2-13)22-12-11-20-9-6-14(7-10-20)19-16(21)5-8-18;;/h1-4,14H,5-12,18H2,(H,19,21);2*1H. The molecule has 0 radical (unpaired) electrons. The van der Waals surface area contributed by atoms with E-state index in [1.807, 2.05) is 24.3 Å². The minimum Gasteiger partial charge on any atom is -0.492 e. The molecule has 1 aliphatic rings. The number of likely N-dealkylation sites (tertiary alicyclic amines) is 1. The van der Waals surface area contributed by atoms with E-state index in [-0.39, 0.29) is 30.7 Å². The Morgan fingerprint density at radius 3 is 2.46 bits per heavy atom. The molecule has 0 bridgehead atoms. The third kappa shape index (κ3) is 8.53. The summed E-state index contributed by atoms with van der Waals surface area (Å²) in [6.45, 7) is 4.01. The zero-order chi connectivity index (χ0) is 15.8. The summed E-state index contributed by atoms with van der Waals surface area (Å²) in [5.74, 6) is 0.964. The first-order valence-corrected chi connectivity index (χ1v) is 8.57. The van der Waals surface area contributed by atoms with Crippen LogP contribution in [0.15, 0.2) is 28.7 Å². The molecule has 0 saturated carbocycles. The van der Waals surface area contributed by atoms with Crippen LogP contribution in [0.25, 0.3) is 0 Å². The average molecular weight is 443 g/mol. The predicted molar refractivity (Wildman–Crippen MR) is 105 cm³/mol. The van der Waals surface area contributed by atoms with E-state index in [2.05, 4.69) is 26.1 Å². The zero-order valence-electron chi connectivity index (χ0n) is 13.6. The molecule has 1 aromatic rings. The molecule has 1 fully saturated rings. The third-order valence-corrected chi connectivity index (χ3v) is 4.34. The van der Waals surface area contributed by atoms with Crippen molar-refractivity contribution in [3.8, 4) is 5.75 Å².